The van der Waals surface area contributed by atoms with Crippen LogP contribution in [0.4, 0.5) is 13.2 Å². The number of likely N-dealkylation sites (tertiary alicyclic amines) is 1. The highest BCUT2D eigenvalue weighted by atomic mass is 19.4. The van der Waals surface area contributed by atoms with E-state index in [1.165, 1.54) is 12.1 Å². The van der Waals surface area contributed by atoms with Crippen molar-refractivity contribution in [2.75, 3.05) is 6.54 Å². The predicted molar refractivity (Wildman–Crippen MR) is 85.5 cm³/mol. The number of imide groups is 1. The largest absolute Gasteiger partial charge is 0.416 e. The molecule has 0 radical (unpaired) electrons. The molecule has 5 nitrogen and oxygen atoms in total. The fourth-order valence-electron chi connectivity index (χ4n) is 3.64. The maximum atomic E-state index is 12.7. The van der Waals surface area contributed by atoms with Crippen LogP contribution in [0.15, 0.2) is 24.3 Å². The van der Waals surface area contributed by atoms with Gasteiger partial charge in [0.1, 0.15) is 6.54 Å². The molecule has 0 spiro atoms. The first-order chi connectivity index (χ1) is 12.3. The van der Waals surface area contributed by atoms with Crippen LogP contribution in [-0.2, 0) is 27.1 Å². The molecule has 26 heavy (non-hydrogen) atoms. The van der Waals surface area contributed by atoms with Crippen LogP contribution in [0.1, 0.15) is 36.8 Å². The Balaban J connectivity index is 1.58. The lowest BCUT2D eigenvalue weighted by molar-refractivity contribution is -0.143. The van der Waals surface area contributed by atoms with Crippen LogP contribution >= 0.6 is 0 Å². The van der Waals surface area contributed by atoms with Gasteiger partial charge in [-0.3, -0.25) is 19.3 Å². The van der Waals surface area contributed by atoms with Gasteiger partial charge in [0.05, 0.1) is 17.4 Å². The summed E-state index contributed by atoms with van der Waals surface area (Å²) in [5.74, 6) is -1.84. The van der Waals surface area contributed by atoms with Gasteiger partial charge in [-0.15, -0.1) is 0 Å². The number of benzene rings is 1. The van der Waals surface area contributed by atoms with Crippen molar-refractivity contribution in [1.82, 2.24) is 10.2 Å². The van der Waals surface area contributed by atoms with Gasteiger partial charge in [0.25, 0.3) is 0 Å². The first-order valence-corrected chi connectivity index (χ1v) is 8.55. The minimum atomic E-state index is -4.45. The third-order valence-corrected chi connectivity index (χ3v) is 4.98. The number of hydrogen-bond acceptors (Lipinski definition) is 3. The quantitative estimate of drug-likeness (QED) is 0.831. The number of amides is 3. The molecular weight excluding hydrogens is 349 g/mol. The van der Waals surface area contributed by atoms with Crippen molar-refractivity contribution in [1.29, 1.82) is 0 Å². The van der Waals surface area contributed by atoms with Gasteiger partial charge in [0.15, 0.2) is 0 Å². The number of alkyl halides is 3. The Bertz CT molecular complexity index is 709. The zero-order valence-corrected chi connectivity index (χ0v) is 14.0. The van der Waals surface area contributed by atoms with E-state index in [1.807, 2.05) is 0 Å². The van der Waals surface area contributed by atoms with Crippen molar-refractivity contribution in [2.45, 2.75) is 38.4 Å². The van der Waals surface area contributed by atoms with Crippen molar-refractivity contribution in [2.24, 2.45) is 11.8 Å². The molecule has 1 aromatic rings. The summed E-state index contributed by atoms with van der Waals surface area (Å²) < 4.78 is 38.1. The minimum absolute atomic E-state index is 0.105. The summed E-state index contributed by atoms with van der Waals surface area (Å²) in [7, 11) is 0. The van der Waals surface area contributed by atoms with Gasteiger partial charge in [-0.2, -0.15) is 13.2 Å². The topological polar surface area (TPSA) is 66.5 Å². The molecule has 1 N–H and O–H groups in total. The van der Waals surface area contributed by atoms with Crippen LogP contribution in [0, 0.1) is 11.8 Å². The highest BCUT2D eigenvalue weighted by molar-refractivity contribution is 6.07. The normalized spacial score (nSPS) is 23.1. The fraction of sp³-hybridized carbons (Fsp3) is 0.500. The molecule has 1 aliphatic carbocycles. The molecule has 0 aromatic heterocycles. The minimum Gasteiger partial charge on any atom is -0.350 e. The fourth-order valence-corrected chi connectivity index (χ4v) is 3.64. The van der Waals surface area contributed by atoms with Crippen molar-refractivity contribution in [3.8, 4) is 0 Å². The van der Waals surface area contributed by atoms with Gasteiger partial charge >= 0.3 is 6.18 Å². The summed E-state index contributed by atoms with van der Waals surface area (Å²) in [6.45, 7) is -0.491. The van der Waals surface area contributed by atoms with Crippen LogP contribution in [0.3, 0.4) is 0 Å². The molecule has 2 atom stereocenters. The van der Waals surface area contributed by atoms with Crippen molar-refractivity contribution >= 4 is 17.7 Å². The van der Waals surface area contributed by atoms with Crippen molar-refractivity contribution in [3.05, 3.63) is 35.4 Å². The van der Waals surface area contributed by atoms with Crippen molar-refractivity contribution < 1.29 is 27.6 Å². The summed E-state index contributed by atoms with van der Waals surface area (Å²) in [6.07, 6.45) is -1.33. The lowest BCUT2D eigenvalue weighted by Crippen LogP contribution is -2.40. The average Bonchev–Trinajstić information content (AvgIpc) is 2.85. The molecule has 1 aromatic carbocycles. The number of nitrogens with one attached hydrogen (secondary N) is 1. The molecule has 2 aliphatic rings. The van der Waals surface area contributed by atoms with Crippen LogP contribution in [0.25, 0.3) is 0 Å². The second-order valence-corrected chi connectivity index (χ2v) is 6.73. The summed E-state index contributed by atoms with van der Waals surface area (Å²) in [5, 5.41) is 2.47. The molecule has 1 aliphatic heterocycles. The second-order valence-electron chi connectivity index (χ2n) is 6.73. The molecule has 3 amide bonds. The standard InChI is InChI=1S/C18H19F3N2O3/c19-18(20,21)12-5-3-4-11(8-12)9-22-15(24)10-23-16(25)13-6-1-2-7-14(13)17(23)26/h3-5,8,13-14H,1-2,6-7,9-10H2,(H,22,24)/t13-,14-/m1/s1. The molecule has 1 saturated carbocycles. The van der Waals surface area contributed by atoms with Crippen molar-refractivity contribution in [3.63, 3.8) is 0 Å². The van der Waals surface area contributed by atoms with E-state index in [0.29, 0.717) is 18.4 Å². The second kappa shape index (κ2) is 7.09. The highest BCUT2D eigenvalue weighted by Crippen LogP contribution is 2.37. The Morgan fingerprint density at radius 2 is 1.73 bits per heavy atom. The Morgan fingerprint density at radius 3 is 2.31 bits per heavy atom. The number of fused-ring (bicyclic) bond motifs is 1. The summed E-state index contributed by atoms with van der Waals surface area (Å²) in [6, 6.07) is 4.65. The molecule has 2 fully saturated rings. The van der Waals surface area contributed by atoms with E-state index in [1.54, 1.807) is 0 Å². The lowest BCUT2D eigenvalue weighted by atomic mass is 9.81. The van der Waals surface area contributed by atoms with Gasteiger partial charge in [0, 0.05) is 6.54 Å². The van der Waals surface area contributed by atoms with Crippen LogP contribution in [0.5, 0.6) is 0 Å². The first-order valence-electron chi connectivity index (χ1n) is 8.55. The molecule has 1 saturated heterocycles. The maximum Gasteiger partial charge on any atom is 0.416 e. The highest BCUT2D eigenvalue weighted by Gasteiger charge is 2.48. The van der Waals surface area contributed by atoms with Gasteiger partial charge < -0.3 is 5.32 Å². The number of carbonyl (C=O) groups excluding carboxylic acids is 3. The summed E-state index contributed by atoms with van der Waals surface area (Å²) in [5.41, 5.74) is -0.501. The molecule has 140 valence electrons. The number of hydrogen-bond donors (Lipinski definition) is 1. The van der Waals surface area contributed by atoms with E-state index in [9.17, 15) is 27.6 Å². The van der Waals surface area contributed by atoms with E-state index in [-0.39, 0.29) is 36.7 Å². The van der Waals surface area contributed by atoms with Crippen LogP contribution in [0.2, 0.25) is 0 Å². The van der Waals surface area contributed by atoms with E-state index < -0.39 is 17.6 Å². The lowest BCUT2D eigenvalue weighted by Gasteiger charge is -2.19. The Hall–Kier alpha value is -2.38. The van der Waals surface area contributed by atoms with Crippen LogP contribution in [-0.4, -0.2) is 29.2 Å². The smallest absolute Gasteiger partial charge is 0.350 e. The third kappa shape index (κ3) is 3.73. The van der Waals surface area contributed by atoms with Gasteiger partial charge in [-0.25, -0.2) is 0 Å². The Morgan fingerprint density at radius 1 is 1.12 bits per heavy atom. The zero-order chi connectivity index (χ0) is 18.9. The number of nitrogens with zero attached hydrogens (tertiary/aromatic N) is 1. The summed E-state index contributed by atoms with van der Waals surface area (Å²) >= 11 is 0. The molecule has 0 unspecified atom stereocenters. The van der Waals surface area contributed by atoms with Gasteiger partial charge in [0.2, 0.25) is 17.7 Å². The first kappa shape index (κ1) is 18.4. The van der Waals surface area contributed by atoms with Crippen LogP contribution < -0.4 is 5.32 Å². The van der Waals surface area contributed by atoms with Gasteiger partial charge in [-0.1, -0.05) is 25.0 Å². The molecule has 0 bridgehead atoms. The number of carbonyl (C=O) groups is 3. The zero-order valence-electron chi connectivity index (χ0n) is 14.0. The number of rotatable bonds is 4. The SMILES string of the molecule is O=C(CN1C(=O)[C@@H]2CCCC[C@H]2C1=O)NCc1cccc(C(F)(F)F)c1. The molecular formula is C18H19F3N2O3. The molecule has 8 heteroatoms. The molecule has 3 rings (SSSR count). The molecule has 1 heterocycles. The maximum absolute atomic E-state index is 12.7. The van der Waals surface area contributed by atoms with E-state index in [2.05, 4.69) is 5.32 Å². The average molecular weight is 368 g/mol. The van der Waals surface area contributed by atoms with E-state index in [0.717, 1.165) is 29.9 Å². The monoisotopic (exact) mass is 368 g/mol. The Kier molecular flexibility index (Phi) is 5.02. The summed E-state index contributed by atoms with van der Waals surface area (Å²) in [4.78, 5) is 37.7. The number of halogens is 3. The predicted octanol–water partition coefficient (Wildman–Crippen LogP) is 2.50. The third-order valence-electron chi connectivity index (χ3n) is 4.98. The van der Waals surface area contributed by atoms with Gasteiger partial charge in [-0.05, 0) is 30.5 Å². The van der Waals surface area contributed by atoms with E-state index >= 15 is 0 Å². The Labute approximate surface area is 148 Å². The van der Waals surface area contributed by atoms with E-state index in [4.69, 9.17) is 0 Å².